The van der Waals surface area contributed by atoms with Crippen LogP contribution in [0.2, 0.25) is 0 Å². The molecule has 1 aliphatic rings. The third-order valence-corrected chi connectivity index (χ3v) is 4.14. The normalized spacial score (nSPS) is 17.9. The predicted octanol–water partition coefficient (Wildman–Crippen LogP) is 3.15. The molecule has 2 N–H and O–H groups in total. The van der Waals surface area contributed by atoms with Gasteiger partial charge >= 0.3 is 0 Å². The number of ether oxygens (including phenoxy) is 3. The maximum absolute atomic E-state index is 6.34. The molecule has 0 saturated heterocycles. The Kier molecular flexibility index (Phi) is 3.94. The van der Waals surface area contributed by atoms with Gasteiger partial charge in [0.15, 0.2) is 17.6 Å². The van der Waals surface area contributed by atoms with E-state index >= 15 is 0 Å². The van der Waals surface area contributed by atoms with Crippen LogP contribution in [-0.2, 0) is 0 Å². The number of rotatable bonds is 3. The monoisotopic (exact) mass is 299 g/mol. The third kappa shape index (κ3) is 2.74. The molecule has 2 unspecified atom stereocenters. The third-order valence-electron chi connectivity index (χ3n) is 4.14. The van der Waals surface area contributed by atoms with Crippen molar-refractivity contribution in [3.05, 3.63) is 53.1 Å². The SMILES string of the molecule is COc1ccc(C(N)C2COc3cc(C)c(C)cc3O2)cc1. The zero-order chi connectivity index (χ0) is 15.7. The average Bonchev–Trinajstić information content (AvgIpc) is 2.55. The first kappa shape index (κ1) is 14.7. The molecule has 0 bridgehead atoms. The zero-order valence-electron chi connectivity index (χ0n) is 13.1. The van der Waals surface area contributed by atoms with Gasteiger partial charge in [0.25, 0.3) is 0 Å². The molecule has 22 heavy (non-hydrogen) atoms. The number of hydrogen-bond acceptors (Lipinski definition) is 4. The van der Waals surface area contributed by atoms with E-state index in [1.807, 2.05) is 36.4 Å². The van der Waals surface area contributed by atoms with Gasteiger partial charge in [-0.05, 0) is 54.8 Å². The zero-order valence-corrected chi connectivity index (χ0v) is 13.1. The summed E-state index contributed by atoms with van der Waals surface area (Å²) in [6.07, 6.45) is -0.206. The van der Waals surface area contributed by atoms with E-state index in [9.17, 15) is 0 Å². The molecule has 2 aromatic rings. The molecule has 116 valence electrons. The second kappa shape index (κ2) is 5.89. The van der Waals surface area contributed by atoms with Crippen molar-refractivity contribution in [2.45, 2.75) is 26.0 Å². The number of nitrogens with two attached hydrogens (primary N) is 1. The number of methoxy groups -OCH3 is 1. The Balaban J connectivity index is 1.79. The van der Waals surface area contributed by atoms with Crippen LogP contribution in [0.3, 0.4) is 0 Å². The molecule has 0 aliphatic carbocycles. The van der Waals surface area contributed by atoms with Crippen molar-refractivity contribution in [1.82, 2.24) is 0 Å². The van der Waals surface area contributed by atoms with E-state index in [1.165, 1.54) is 11.1 Å². The maximum Gasteiger partial charge on any atom is 0.162 e. The maximum atomic E-state index is 6.34. The van der Waals surface area contributed by atoms with Crippen LogP contribution in [-0.4, -0.2) is 19.8 Å². The molecular weight excluding hydrogens is 278 g/mol. The summed E-state index contributed by atoms with van der Waals surface area (Å²) in [6.45, 7) is 4.57. The molecule has 2 aromatic carbocycles. The van der Waals surface area contributed by atoms with E-state index in [0.717, 1.165) is 22.8 Å². The molecule has 0 fully saturated rings. The minimum absolute atomic E-state index is 0.206. The Bertz CT molecular complexity index is 667. The highest BCUT2D eigenvalue weighted by molar-refractivity contribution is 5.47. The number of fused-ring (bicyclic) bond motifs is 1. The van der Waals surface area contributed by atoms with Gasteiger partial charge < -0.3 is 19.9 Å². The standard InChI is InChI=1S/C18H21NO3/c1-11-8-15-16(9-12(11)2)22-17(10-21-15)18(19)13-4-6-14(20-3)7-5-13/h4-9,17-18H,10,19H2,1-3H3. The summed E-state index contributed by atoms with van der Waals surface area (Å²) >= 11 is 0. The molecule has 3 rings (SSSR count). The van der Waals surface area contributed by atoms with Crippen LogP contribution in [0.15, 0.2) is 36.4 Å². The van der Waals surface area contributed by atoms with E-state index in [2.05, 4.69) is 13.8 Å². The Hall–Kier alpha value is -2.20. The van der Waals surface area contributed by atoms with Gasteiger partial charge in [-0.25, -0.2) is 0 Å². The van der Waals surface area contributed by atoms with Crippen LogP contribution in [0.25, 0.3) is 0 Å². The first-order valence-electron chi connectivity index (χ1n) is 7.38. The van der Waals surface area contributed by atoms with Crippen LogP contribution in [0.4, 0.5) is 0 Å². The first-order valence-corrected chi connectivity index (χ1v) is 7.38. The molecule has 4 nitrogen and oxygen atoms in total. The van der Waals surface area contributed by atoms with Gasteiger partial charge in [-0.1, -0.05) is 12.1 Å². The van der Waals surface area contributed by atoms with E-state index < -0.39 is 0 Å². The summed E-state index contributed by atoms with van der Waals surface area (Å²) < 4.78 is 17.1. The second-order valence-electron chi connectivity index (χ2n) is 5.65. The van der Waals surface area contributed by atoms with Gasteiger partial charge in [-0.2, -0.15) is 0 Å². The molecule has 1 aliphatic heterocycles. The van der Waals surface area contributed by atoms with Gasteiger partial charge in [0.2, 0.25) is 0 Å². The van der Waals surface area contributed by atoms with Gasteiger partial charge in [-0.3, -0.25) is 0 Å². The Morgan fingerprint density at radius 1 is 1.09 bits per heavy atom. The fourth-order valence-corrected chi connectivity index (χ4v) is 2.55. The summed E-state index contributed by atoms with van der Waals surface area (Å²) in [6, 6.07) is 11.5. The highest BCUT2D eigenvalue weighted by Gasteiger charge is 2.28. The summed E-state index contributed by atoms with van der Waals surface area (Å²) in [5.74, 6) is 2.37. The minimum Gasteiger partial charge on any atom is -0.497 e. The summed E-state index contributed by atoms with van der Waals surface area (Å²) in [4.78, 5) is 0. The van der Waals surface area contributed by atoms with Crippen LogP contribution >= 0.6 is 0 Å². The van der Waals surface area contributed by atoms with Gasteiger partial charge in [0.1, 0.15) is 12.4 Å². The van der Waals surface area contributed by atoms with Crippen LogP contribution < -0.4 is 19.9 Å². The number of benzene rings is 2. The van der Waals surface area contributed by atoms with Crippen molar-refractivity contribution >= 4 is 0 Å². The van der Waals surface area contributed by atoms with Gasteiger partial charge in [0, 0.05) is 0 Å². The first-order chi connectivity index (χ1) is 10.6. The highest BCUT2D eigenvalue weighted by Crippen LogP contribution is 2.36. The van der Waals surface area contributed by atoms with Crippen LogP contribution in [0.1, 0.15) is 22.7 Å². The molecule has 0 amide bonds. The summed E-state index contributed by atoms with van der Waals surface area (Å²) in [5, 5.41) is 0. The summed E-state index contributed by atoms with van der Waals surface area (Å²) in [7, 11) is 1.65. The lowest BCUT2D eigenvalue weighted by atomic mass is 10.0. The number of aryl methyl sites for hydroxylation is 2. The van der Waals surface area contributed by atoms with Crippen molar-refractivity contribution in [2.24, 2.45) is 5.73 Å². The molecule has 0 spiro atoms. The van der Waals surface area contributed by atoms with Crippen LogP contribution in [0.5, 0.6) is 17.2 Å². The molecule has 4 heteroatoms. The Labute approximate surface area is 130 Å². The molecule has 1 heterocycles. The molecule has 0 radical (unpaired) electrons. The molecule has 0 saturated carbocycles. The van der Waals surface area contributed by atoms with Gasteiger partial charge in [-0.15, -0.1) is 0 Å². The quantitative estimate of drug-likeness (QED) is 0.946. The van der Waals surface area contributed by atoms with Crippen molar-refractivity contribution in [1.29, 1.82) is 0 Å². The lowest BCUT2D eigenvalue weighted by molar-refractivity contribution is 0.0719. The van der Waals surface area contributed by atoms with E-state index in [-0.39, 0.29) is 12.1 Å². The van der Waals surface area contributed by atoms with E-state index in [4.69, 9.17) is 19.9 Å². The van der Waals surface area contributed by atoms with Crippen molar-refractivity contribution in [2.75, 3.05) is 13.7 Å². The summed E-state index contributed by atoms with van der Waals surface area (Å²) in [5.41, 5.74) is 9.72. The van der Waals surface area contributed by atoms with E-state index in [1.54, 1.807) is 7.11 Å². The fraction of sp³-hybridized carbons (Fsp3) is 0.333. The average molecular weight is 299 g/mol. The lowest BCUT2D eigenvalue weighted by Crippen LogP contribution is -2.39. The fourth-order valence-electron chi connectivity index (χ4n) is 2.55. The van der Waals surface area contributed by atoms with Crippen molar-refractivity contribution in [3.63, 3.8) is 0 Å². The van der Waals surface area contributed by atoms with Crippen LogP contribution in [0, 0.1) is 13.8 Å². The largest absolute Gasteiger partial charge is 0.497 e. The lowest BCUT2D eigenvalue weighted by Gasteiger charge is -2.31. The molecule has 0 aromatic heterocycles. The van der Waals surface area contributed by atoms with Crippen molar-refractivity contribution in [3.8, 4) is 17.2 Å². The molecule has 2 atom stereocenters. The van der Waals surface area contributed by atoms with Gasteiger partial charge in [0.05, 0.1) is 13.2 Å². The smallest absolute Gasteiger partial charge is 0.162 e. The number of hydrogen-bond donors (Lipinski definition) is 1. The highest BCUT2D eigenvalue weighted by atomic mass is 16.6. The topological polar surface area (TPSA) is 53.7 Å². The van der Waals surface area contributed by atoms with E-state index in [0.29, 0.717) is 6.61 Å². The van der Waals surface area contributed by atoms with Crippen molar-refractivity contribution < 1.29 is 14.2 Å². The Morgan fingerprint density at radius 3 is 2.36 bits per heavy atom. The molecular formula is C18H21NO3. The minimum atomic E-state index is -0.249. The Morgan fingerprint density at radius 2 is 1.73 bits per heavy atom. The second-order valence-corrected chi connectivity index (χ2v) is 5.65. The predicted molar refractivity (Wildman–Crippen MR) is 85.7 cm³/mol.